The zero-order valence-corrected chi connectivity index (χ0v) is 28.3. The van der Waals surface area contributed by atoms with Gasteiger partial charge in [-0.2, -0.15) is 11.8 Å². The van der Waals surface area contributed by atoms with E-state index in [4.69, 9.17) is 9.47 Å². The number of phenolic OH excluding ortho intramolecular Hbond substituents is 1. The van der Waals surface area contributed by atoms with Gasteiger partial charge in [-0.05, 0) is 72.9 Å². The first-order chi connectivity index (χ1) is 22.9. The maximum Gasteiger partial charge on any atom is 0.410 e. The average molecular weight is 678 g/mol. The molecular weight excluding hydrogens is 635 g/mol. The number of nitrogens with zero attached hydrogens (tertiary/aromatic N) is 1. The second kappa shape index (κ2) is 17.4. The smallest absolute Gasteiger partial charge is 0.410 e. The summed E-state index contributed by atoms with van der Waals surface area (Å²) in [5.41, 5.74) is 1.24. The van der Waals surface area contributed by atoms with Gasteiger partial charge in [-0.15, -0.1) is 11.8 Å². The van der Waals surface area contributed by atoms with E-state index in [0.717, 1.165) is 22.8 Å². The van der Waals surface area contributed by atoms with Crippen molar-refractivity contribution in [3.05, 3.63) is 90.0 Å². The van der Waals surface area contributed by atoms with Crippen LogP contribution in [0.25, 0.3) is 0 Å². The van der Waals surface area contributed by atoms with Gasteiger partial charge in [0.05, 0.1) is 24.6 Å². The number of nitrogens with one attached hydrogen (secondary N) is 2. The van der Waals surface area contributed by atoms with Gasteiger partial charge in [0.2, 0.25) is 5.91 Å². The zero-order chi connectivity index (χ0) is 33.0. The highest BCUT2D eigenvalue weighted by molar-refractivity contribution is 8.00. The highest BCUT2D eigenvalue weighted by Crippen LogP contribution is 2.32. The zero-order valence-electron chi connectivity index (χ0n) is 26.6. The fourth-order valence-electron chi connectivity index (χ4n) is 5.96. The molecule has 0 bridgehead atoms. The second-order valence-corrected chi connectivity index (χ2v) is 14.2. The third-order valence-electron chi connectivity index (χ3n) is 8.61. The van der Waals surface area contributed by atoms with E-state index in [0.29, 0.717) is 24.0 Å². The van der Waals surface area contributed by atoms with Gasteiger partial charge in [0.1, 0.15) is 23.3 Å². The molecule has 1 aliphatic carbocycles. The lowest BCUT2D eigenvalue weighted by Crippen LogP contribution is -2.55. The van der Waals surface area contributed by atoms with Crippen LogP contribution in [0.4, 0.5) is 4.79 Å². The van der Waals surface area contributed by atoms with Crippen LogP contribution in [-0.4, -0.2) is 76.3 Å². The number of carbonyl (C=O) groups excluding carboxylic acids is 3. The van der Waals surface area contributed by atoms with Crippen LogP contribution in [-0.2, 0) is 16.0 Å². The Labute approximate surface area is 285 Å². The maximum absolute atomic E-state index is 13.8. The number of hydrogen-bond acceptors (Lipinski definition) is 8. The Balaban J connectivity index is 1.37. The quantitative estimate of drug-likeness (QED) is 0.189. The molecule has 250 valence electrons. The molecule has 0 radical (unpaired) electrons. The molecule has 0 aromatic heterocycles. The number of thioether (sulfide) groups is 2. The minimum atomic E-state index is -0.678. The number of rotatable bonds is 13. The van der Waals surface area contributed by atoms with Gasteiger partial charge in [-0.25, -0.2) is 4.79 Å². The molecule has 3 amide bonds. The van der Waals surface area contributed by atoms with Crippen molar-refractivity contribution in [1.29, 1.82) is 0 Å². The van der Waals surface area contributed by atoms with Crippen LogP contribution in [0.3, 0.4) is 0 Å². The number of benzene rings is 3. The van der Waals surface area contributed by atoms with E-state index in [2.05, 4.69) is 10.6 Å². The molecule has 1 heterocycles. The number of ether oxygens (including phenoxy) is 2. The summed E-state index contributed by atoms with van der Waals surface area (Å²) in [6.07, 6.45) is 6.23. The molecule has 11 heteroatoms. The molecule has 5 rings (SSSR count). The highest BCUT2D eigenvalue weighted by atomic mass is 32.2. The molecule has 9 nitrogen and oxygen atoms in total. The van der Waals surface area contributed by atoms with Crippen molar-refractivity contribution in [3.8, 4) is 17.2 Å². The van der Waals surface area contributed by atoms with Gasteiger partial charge in [0.15, 0.2) is 0 Å². The van der Waals surface area contributed by atoms with E-state index in [9.17, 15) is 19.5 Å². The van der Waals surface area contributed by atoms with Crippen molar-refractivity contribution in [2.24, 2.45) is 5.92 Å². The highest BCUT2D eigenvalue weighted by Gasteiger charge is 2.37. The first-order valence-corrected chi connectivity index (χ1v) is 18.3. The molecule has 1 saturated carbocycles. The third kappa shape index (κ3) is 9.84. The molecule has 3 N–H and O–H groups in total. The molecule has 2 unspecified atom stereocenters. The van der Waals surface area contributed by atoms with Gasteiger partial charge < -0.3 is 25.2 Å². The van der Waals surface area contributed by atoms with E-state index in [1.807, 2.05) is 66.4 Å². The van der Waals surface area contributed by atoms with Crippen LogP contribution < -0.4 is 15.4 Å². The van der Waals surface area contributed by atoms with Crippen LogP contribution in [0.15, 0.2) is 78.9 Å². The number of amides is 3. The largest absolute Gasteiger partial charge is 0.507 e. The molecular formula is C36H43N3O6S2. The molecule has 3 aromatic carbocycles. The Bertz CT molecular complexity index is 1470. The summed E-state index contributed by atoms with van der Waals surface area (Å²) < 4.78 is 10.9. The standard InChI is InChI=1S/C36H43N3O6S2/c1-44-36(43)39-24-46-23-31(39)35(42)38-30(21-37-34(41)29-14-8-9-15-32(29)40)33(47-22-26-10-4-2-5-11-26)20-25-16-18-28(19-17-25)45-27-12-6-3-7-13-27/h3,6-9,12-19,26,30-31,33,40H,2,4-5,10-11,20-24H2,1H3,(H,37,41)(H,38,42)/t30?,31-,33?/m0/s1. The number of aromatic hydroxyl groups is 1. The molecule has 1 aliphatic heterocycles. The van der Waals surface area contributed by atoms with Crippen LogP contribution in [0.2, 0.25) is 0 Å². The number of methoxy groups -OCH3 is 1. The average Bonchev–Trinajstić information content (AvgIpc) is 3.60. The topological polar surface area (TPSA) is 117 Å². The molecule has 0 spiro atoms. The predicted octanol–water partition coefficient (Wildman–Crippen LogP) is 6.47. The van der Waals surface area contributed by atoms with Crippen molar-refractivity contribution in [2.75, 3.05) is 31.0 Å². The first kappa shape index (κ1) is 34.5. The molecule has 3 atom stereocenters. The third-order valence-corrected chi connectivity index (χ3v) is 11.2. The summed E-state index contributed by atoms with van der Waals surface area (Å²) in [4.78, 5) is 40.8. The lowest BCUT2D eigenvalue weighted by atomic mass is 9.91. The fraction of sp³-hybridized carbons (Fsp3) is 0.417. The summed E-state index contributed by atoms with van der Waals surface area (Å²) in [6, 6.07) is 22.9. The summed E-state index contributed by atoms with van der Waals surface area (Å²) >= 11 is 3.33. The van der Waals surface area contributed by atoms with Gasteiger partial charge in [0.25, 0.3) is 5.91 Å². The van der Waals surface area contributed by atoms with Gasteiger partial charge >= 0.3 is 6.09 Å². The Morgan fingerprint density at radius 1 is 0.957 bits per heavy atom. The van der Waals surface area contributed by atoms with Crippen molar-refractivity contribution < 1.29 is 29.0 Å². The Kier molecular flexibility index (Phi) is 12.7. The van der Waals surface area contributed by atoms with E-state index in [-0.39, 0.29) is 29.0 Å². The van der Waals surface area contributed by atoms with Crippen LogP contribution in [0.1, 0.15) is 48.0 Å². The first-order valence-electron chi connectivity index (χ1n) is 16.1. The Morgan fingerprint density at radius 3 is 2.38 bits per heavy atom. The maximum atomic E-state index is 13.8. The number of carbonyl (C=O) groups is 3. The Hall–Kier alpha value is -3.83. The van der Waals surface area contributed by atoms with E-state index in [1.54, 1.807) is 18.2 Å². The normalized spacial score (nSPS) is 17.8. The minimum absolute atomic E-state index is 0.0907. The molecule has 3 aromatic rings. The number of hydrogen-bond donors (Lipinski definition) is 3. The number of phenols is 1. The lowest BCUT2D eigenvalue weighted by molar-refractivity contribution is -0.125. The van der Waals surface area contributed by atoms with Crippen LogP contribution in [0.5, 0.6) is 17.2 Å². The lowest BCUT2D eigenvalue weighted by Gasteiger charge is -2.32. The van der Waals surface area contributed by atoms with E-state index < -0.39 is 24.1 Å². The number of para-hydroxylation sites is 2. The van der Waals surface area contributed by atoms with Crippen LogP contribution in [0, 0.1) is 5.92 Å². The SMILES string of the molecule is COC(=O)N1CSC[C@H]1C(=O)NC(CNC(=O)c1ccccc1O)C(Cc1ccc(Oc2ccccc2)cc1)SCC1CCCCC1. The predicted molar refractivity (Wildman–Crippen MR) is 187 cm³/mol. The summed E-state index contributed by atoms with van der Waals surface area (Å²) in [7, 11) is 1.31. The van der Waals surface area contributed by atoms with E-state index >= 15 is 0 Å². The van der Waals surface area contributed by atoms with Gasteiger partial charge in [0, 0.05) is 17.5 Å². The molecule has 47 heavy (non-hydrogen) atoms. The van der Waals surface area contributed by atoms with Gasteiger partial charge in [-0.1, -0.05) is 61.7 Å². The molecule has 1 saturated heterocycles. The molecule has 2 aliphatic rings. The summed E-state index contributed by atoms with van der Waals surface area (Å²) in [5.74, 6) is 3.06. The summed E-state index contributed by atoms with van der Waals surface area (Å²) in [5, 5.41) is 16.4. The monoisotopic (exact) mass is 677 g/mol. The fourth-order valence-corrected chi connectivity index (χ4v) is 8.66. The molecule has 2 fully saturated rings. The van der Waals surface area contributed by atoms with Crippen molar-refractivity contribution in [2.45, 2.75) is 55.9 Å². The minimum Gasteiger partial charge on any atom is -0.507 e. The van der Waals surface area contributed by atoms with Crippen molar-refractivity contribution in [3.63, 3.8) is 0 Å². The Morgan fingerprint density at radius 2 is 1.66 bits per heavy atom. The van der Waals surface area contributed by atoms with Crippen LogP contribution >= 0.6 is 23.5 Å². The summed E-state index contributed by atoms with van der Waals surface area (Å²) in [6.45, 7) is 0.147. The second-order valence-electron chi connectivity index (χ2n) is 11.9. The van der Waals surface area contributed by atoms with Gasteiger partial charge in [-0.3, -0.25) is 14.5 Å². The van der Waals surface area contributed by atoms with Crippen molar-refractivity contribution >= 4 is 41.4 Å². The van der Waals surface area contributed by atoms with E-state index in [1.165, 1.54) is 61.9 Å². The van der Waals surface area contributed by atoms with Crippen molar-refractivity contribution in [1.82, 2.24) is 15.5 Å².